The summed E-state index contributed by atoms with van der Waals surface area (Å²) < 4.78 is 164. The first-order valence-corrected chi connectivity index (χ1v) is 19.8. The molecule has 0 spiro atoms. The van der Waals surface area contributed by atoms with Crippen LogP contribution in [0.5, 0.6) is 0 Å². The summed E-state index contributed by atoms with van der Waals surface area (Å²) in [5.74, 6) is -1.12. The Morgan fingerprint density at radius 3 is 1.67 bits per heavy atom. The van der Waals surface area contributed by atoms with E-state index < -0.39 is 103 Å². The number of nitrogens with two attached hydrogens (primary N) is 1. The summed E-state index contributed by atoms with van der Waals surface area (Å²) in [6, 6.07) is 7.00. The van der Waals surface area contributed by atoms with Crippen LogP contribution in [0.15, 0.2) is 79.1 Å². The van der Waals surface area contributed by atoms with Crippen molar-refractivity contribution in [3.05, 3.63) is 71.3 Å². The van der Waals surface area contributed by atoms with Crippen LogP contribution < -0.4 is 15.8 Å². The zero-order chi connectivity index (χ0) is 36.4. The number of sulfonamides is 1. The highest BCUT2D eigenvalue weighted by molar-refractivity contribution is 7.93. The fourth-order valence-electron chi connectivity index (χ4n) is 4.59. The molecular weight excluding hydrogens is 743 g/mol. The Kier molecular flexibility index (Phi) is 9.19. The van der Waals surface area contributed by atoms with Gasteiger partial charge in [0.25, 0.3) is 56.4 Å². The molecule has 1 amide bonds. The SMILES string of the molecule is Cc1cc(C)c(S(=O)(=O)Nc2cc(S(=O)(=O)O)cc3cc(S(=O)(=O)O)cc(S(=O)(=O)O)c23)cc1NC(=O)c1ccc(N)cc1S(=O)(=O)O. The summed E-state index contributed by atoms with van der Waals surface area (Å²) in [5.41, 5.74) is 4.02. The van der Waals surface area contributed by atoms with Gasteiger partial charge in [0.15, 0.2) is 0 Å². The second kappa shape index (κ2) is 12.0. The van der Waals surface area contributed by atoms with Crippen LogP contribution in [0.3, 0.4) is 0 Å². The molecule has 0 heterocycles. The predicted molar refractivity (Wildman–Crippen MR) is 169 cm³/mol. The van der Waals surface area contributed by atoms with E-state index in [0.29, 0.717) is 18.2 Å². The molecule has 0 saturated heterocycles. The van der Waals surface area contributed by atoms with E-state index in [-0.39, 0.29) is 28.6 Å². The number of anilines is 3. The van der Waals surface area contributed by atoms with Crippen molar-refractivity contribution in [2.45, 2.75) is 38.3 Å². The van der Waals surface area contributed by atoms with E-state index in [1.54, 1.807) is 0 Å². The standard InChI is InChI=1S/C25H23N3O15S5/c1-12-5-13(2)21(11-19(12)27-25(29)18-4-3-15(26)8-22(18)47(38,39)40)44(30,31)28-20-9-16(45(32,33)34)6-14-7-17(46(35,36)37)10-23(24(14)20)48(41,42)43/h3-11,28H,26H2,1-2H3,(H,27,29)(H,32,33,34)(H,35,36,37)(H,38,39,40)(H,41,42,43). The molecule has 4 aromatic carbocycles. The summed E-state index contributed by atoms with van der Waals surface area (Å²) in [5, 5.41) is 0.857. The molecule has 0 radical (unpaired) electrons. The summed E-state index contributed by atoms with van der Waals surface area (Å²) in [6.07, 6.45) is 0. The van der Waals surface area contributed by atoms with Gasteiger partial charge in [-0.05, 0) is 78.9 Å². The lowest BCUT2D eigenvalue weighted by molar-refractivity contribution is 0.102. The van der Waals surface area contributed by atoms with Gasteiger partial charge >= 0.3 is 0 Å². The molecule has 4 rings (SSSR count). The number of aryl methyl sites for hydroxylation is 2. The first-order valence-electron chi connectivity index (χ1n) is 12.6. The van der Waals surface area contributed by atoms with Crippen LogP contribution in [0.4, 0.5) is 17.1 Å². The molecule has 23 heteroatoms. The second-order valence-electron chi connectivity index (χ2n) is 10.1. The molecule has 0 aromatic heterocycles. The summed E-state index contributed by atoms with van der Waals surface area (Å²) in [6.45, 7) is 2.74. The van der Waals surface area contributed by atoms with Gasteiger partial charge in [-0.25, -0.2) is 8.42 Å². The number of carbonyl (C=O) groups is 1. The molecule has 18 nitrogen and oxygen atoms in total. The number of carbonyl (C=O) groups excluding carboxylic acids is 1. The van der Waals surface area contributed by atoms with Crippen LogP contribution in [0.1, 0.15) is 21.5 Å². The van der Waals surface area contributed by atoms with Gasteiger partial charge in [-0.1, -0.05) is 6.07 Å². The van der Waals surface area contributed by atoms with Gasteiger partial charge in [0.2, 0.25) is 0 Å². The van der Waals surface area contributed by atoms with E-state index in [1.165, 1.54) is 19.9 Å². The molecule has 0 unspecified atom stereocenters. The summed E-state index contributed by atoms with van der Waals surface area (Å²) in [7, 11) is -25.7. The fourth-order valence-corrected chi connectivity index (χ4v) is 8.55. The molecule has 48 heavy (non-hydrogen) atoms. The third-order valence-electron chi connectivity index (χ3n) is 6.67. The van der Waals surface area contributed by atoms with Crippen molar-refractivity contribution in [1.82, 2.24) is 0 Å². The predicted octanol–water partition coefficient (Wildman–Crippen LogP) is 2.08. The van der Waals surface area contributed by atoms with Crippen molar-refractivity contribution in [2.24, 2.45) is 0 Å². The van der Waals surface area contributed by atoms with Crippen LogP contribution >= 0.6 is 0 Å². The maximum Gasteiger partial charge on any atom is 0.295 e. The molecule has 4 aromatic rings. The number of benzene rings is 4. The Labute approximate surface area is 273 Å². The van der Waals surface area contributed by atoms with Crippen molar-refractivity contribution in [1.29, 1.82) is 0 Å². The third-order valence-corrected chi connectivity index (χ3v) is 11.6. The van der Waals surface area contributed by atoms with E-state index in [9.17, 15) is 65.1 Å². The molecule has 258 valence electrons. The Bertz CT molecular complexity index is 2620. The Balaban J connectivity index is 1.93. The molecule has 0 aliphatic heterocycles. The van der Waals surface area contributed by atoms with Gasteiger partial charge in [-0.2, -0.15) is 33.7 Å². The van der Waals surface area contributed by atoms with Crippen molar-refractivity contribution >= 4 is 84.2 Å². The average Bonchev–Trinajstić information content (AvgIpc) is 2.91. The van der Waals surface area contributed by atoms with Gasteiger partial charge in [0.1, 0.15) is 9.79 Å². The first-order chi connectivity index (χ1) is 21.7. The van der Waals surface area contributed by atoms with Crippen LogP contribution in [0.2, 0.25) is 0 Å². The van der Waals surface area contributed by atoms with Gasteiger partial charge < -0.3 is 11.1 Å². The monoisotopic (exact) mass is 765 g/mol. The molecule has 0 atom stereocenters. The second-order valence-corrected chi connectivity index (χ2v) is 17.4. The normalized spacial score (nSPS) is 13.0. The van der Waals surface area contributed by atoms with Crippen molar-refractivity contribution < 1.29 is 65.1 Å². The molecular formula is C25H23N3O15S5. The minimum absolute atomic E-state index is 0.00279. The lowest BCUT2D eigenvalue weighted by atomic mass is 10.1. The summed E-state index contributed by atoms with van der Waals surface area (Å²) >= 11 is 0. The van der Waals surface area contributed by atoms with Gasteiger partial charge in [-0.15, -0.1) is 0 Å². The number of nitrogens with one attached hydrogen (secondary N) is 2. The fraction of sp³-hybridized carbons (Fsp3) is 0.0800. The van der Waals surface area contributed by atoms with Crippen LogP contribution in [0, 0.1) is 13.8 Å². The molecule has 0 saturated carbocycles. The number of hydrogen-bond acceptors (Lipinski definition) is 12. The first kappa shape index (κ1) is 36.6. The Morgan fingerprint density at radius 2 is 1.15 bits per heavy atom. The highest BCUT2D eigenvalue weighted by atomic mass is 32.2. The number of rotatable bonds is 9. The summed E-state index contributed by atoms with van der Waals surface area (Å²) in [4.78, 5) is 8.12. The zero-order valence-corrected chi connectivity index (χ0v) is 28.2. The zero-order valence-electron chi connectivity index (χ0n) is 24.1. The quantitative estimate of drug-likeness (QED) is 0.0947. The Hall–Kier alpha value is -4.20. The van der Waals surface area contributed by atoms with E-state index in [4.69, 9.17) is 5.73 Å². The molecule has 0 bridgehead atoms. The van der Waals surface area contributed by atoms with E-state index in [2.05, 4.69) is 5.32 Å². The van der Waals surface area contributed by atoms with E-state index in [0.717, 1.165) is 24.3 Å². The van der Waals surface area contributed by atoms with Crippen LogP contribution in [-0.4, -0.2) is 66.2 Å². The molecule has 8 N–H and O–H groups in total. The Morgan fingerprint density at radius 1 is 0.604 bits per heavy atom. The van der Waals surface area contributed by atoms with E-state index in [1.807, 2.05) is 4.72 Å². The largest absolute Gasteiger partial charge is 0.399 e. The van der Waals surface area contributed by atoms with Crippen LogP contribution in [-0.2, 0) is 50.5 Å². The number of amides is 1. The smallest absolute Gasteiger partial charge is 0.295 e. The topological polar surface area (TPSA) is 319 Å². The molecule has 0 fully saturated rings. The number of nitrogen functional groups attached to an aromatic ring is 1. The maximum absolute atomic E-state index is 13.7. The van der Waals surface area contributed by atoms with Gasteiger partial charge in [0, 0.05) is 16.8 Å². The minimum atomic E-state index is -5.42. The average molecular weight is 766 g/mol. The minimum Gasteiger partial charge on any atom is -0.399 e. The number of hydrogen-bond donors (Lipinski definition) is 7. The molecule has 0 aliphatic rings. The maximum atomic E-state index is 13.7. The van der Waals surface area contributed by atoms with E-state index >= 15 is 0 Å². The third kappa shape index (κ3) is 7.58. The lowest BCUT2D eigenvalue weighted by Crippen LogP contribution is -2.19. The van der Waals surface area contributed by atoms with Gasteiger partial charge in [0.05, 0.1) is 25.9 Å². The molecule has 0 aliphatic carbocycles. The lowest BCUT2D eigenvalue weighted by Gasteiger charge is -2.18. The van der Waals surface area contributed by atoms with Crippen LogP contribution in [0.25, 0.3) is 10.8 Å². The highest BCUT2D eigenvalue weighted by Gasteiger charge is 2.28. The van der Waals surface area contributed by atoms with Gasteiger partial charge in [-0.3, -0.25) is 27.7 Å². The number of fused-ring (bicyclic) bond motifs is 1. The highest BCUT2D eigenvalue weighted by Crippen LogP contribution is 2.37. The van der Waals surface area contributed by atoms with Crippen molar-refractivity contribution in [3.8, 4) is 0 Å². The van der Waals surface area contributed by atoms with Crippen molar-refractivity contribution in [3.63, 3.8) is 0 Å². The van der Waals surface area contributed by atoms with Crippen molar-refractivity contribution in [2.75, 3.05) is 15.8 Å².